The van der Waals surface area contributed by atoms with Crippen LogP contribution < -0.4 is 10.6 Å². The van der Waals surface area contributed by atoms with Gasteiger partial charge in [0.1, 0.15) is 6.61 Å². The van der Waals surface area contributed by atoms with E-state index in [0.29, 0.717) is 19.4 Å². The van der Waals surface area contributed by atoms with E-state index in [4.69, 9.17) is 4.74 Å². The van der Waals surface area contributed by atoms with Gasteiger partial charge >= 0.3 is 6.09 Å². The van der Waals surface area contributed by atoms with Gasteiger partial charge in [0.2, 0.25) is 5.91 Å². The first-order valence-corrected chi connectivity index (χ1v) is 10.1. The molecule has 1 aliphatic heterocycles. The molecular weight excluding hydrogens is 342 g/mol. The molecule has 6 heteroatoms. The largest absolute Gasteiger partial charge is 0.445 e. The third kappa shape index (κ3) is 9.43. The number of piperidine rings is 1. The van der Waals surface area contributed by atoms with E-state index < -0.39 is 6.09 Å². The Morgan fingerprint density at radius 3 is 2.52 bits per heavy atom. The fourth-order valence-corrected chi connectivity index (χ4v) is 3.12. The van der Waals surface area contributed by atoms with Crippen LogP contribution in [-0.4, -0.2) is 49.6 Å². The Labute approximate surface area is 162 Å². The predicted octanol–water partition coefficient (Wildman–Crippen LogP) is 2.93. The van der Waals surface area contributed by atoms with Gasteiger partial charge in [-0.25, -0.2) is 4.79 Å². The molecule has 0 atom stereocenters. The highest BCUT2D eigenvalue weighted by molar-refractivity contribution is 5.75. The van der Waals surface area contributed by atoms with E-state index in [2.05, 4.69) is 22.5 Å². The lowest BCUT2D eigenvalue weighted by Crippen LogP contribution is -2.35. The minimum Gasteiger partial charge on any atom is -0.445 e. The highest BCUT2D eigenvalue weighted by Gasteiger charge is 2.14. The highest BCUT2D eigenvalue weighted by Crippen LogP contribution is 2.15. The number of hydrogen-bond acceptors (Lipinski definition) is 4. The molecule has 27 heavy (non-hydrogen) atoms. The Kier molecular flexibility index (Phi) is 9.69. The third-order valence-electron chi connectivity index (χ3n) is 4.91. The third-order valence-corrected chi connectivity index (χ3v) is 4.91. The van der Waals surface area contributed by atoms with Gasteiger partial charge in [-0.15, -0.1) is 0 Å². The van der Waals surface area contributed by atoms with Gasteiger partial charge in [-0.1, -0.05) is 37.3 Å². The Hall–Kier alpha value is -2.08. The predicted molar refractivity (Wildman–Crippen MR) is 106 cm³/mol. The number of amides is 2. The summed E-state index contributed by atoms with van der Waals surface area (Å²) in [5.41, 5.74) is 0.950. The molecule has 2 rings (SSSR count). The quantitative estimate of drug-likeness (QED) is 0.617. The molecule has 2 N–H and O–H groups in total. The SMILES string of the molecule is CC1CCN(CCCNC(=O)CCCNC(=O)OCc2ccccc2)CC1. The first kappa shape index (κ1) is 21.2. The Morgan fingerprint density at radius 2 is 1.78 bits per heavy atom. The summed E-state index contributed by atoms with van der Waals surface area (Å²) in [6.45, 7) is 7.15. The smallest absolute Gasteiger partial charge is 0.407 e. The summed E-state index contributed by atoms with van der Waals surface area (Å²) in [6, 6.07) is 9.54. The van der Waals surface area contributed by atoms with Crippen LogP contribution in [0.5, 0.6) is 0 Å². The normalized spacial score (nSPS) is 15.3. The zero-order chi connectivity index (χ0) is 19.3. The first-order valence-electron chi connectivity index (χ1n) is 10.1. The van der Waals surface area contributed by atoms with E-state index in [1.807, 2.05) is 30.3 Å². The second-order valence-corrected chi connectivity index (χ2v) is 7.32. The van der Waals surface area contributed by atoms with Gasteiger partial charge < -0.3 is 20.3 Å². The van der Waals surface area contributed by atoms with Gasteiger partial charge in [0.15, 0.2) is 0 Å². The van der Waals surface area contributed by atoms with Crippen LogP contribution in [0.2, 0.25) is 0 Å². The maximum atomic E-state index is 11.8. The number of nitrogens with one attached hydrogen (secondary N) is 2. The van der Waals surface area contributed by atoms with E-state index in [9.17, 15) is 9.59 Å². The summed E-state index contributed by atoms with van der Waals surface area (Å²) >= 11 is 0. The summed E-state index contributed by atoms with van der Waals surface area (Å²) in [7, 11) is 0. The molecule has 0 radical (unpaired) electrons. The molecule has 1 aliphatic rings. The number of carbonyl (C=O) groups is 2. The molecule has 1 aromatic rings. The topological polar surface area (TPSA) is 70.7 Å². The zero-order valence-corrected chi connectivity index (χ0v) is 16.4. The molecule has 150 valence electrons. The van der Waals surface area contributed by atoms with Gasteiger partial charge in [-0.3, -0.25) is 4.79 Å². The number of alkyl carbamates (subject to hydrolysis) is 1. The number of hydrogen-bond donors (Lipinski definition) is 2. The number of nitrogens with zero attached hydrogens (tertiary/aromatic N) is 1. The fourth-order valence-electron chi connectivity index (χ4n) is 3.12. The average molecular weight is 376 g/mol. The van der Waals surface area contributed by atoms with Crippen molar-refractivity contribution in [1.29, 1.82) is 0 Å². The van der Waals surface area contributed by atoms with Crippen molar-refractivity contribution in [1.82, 2.24) is 15.5 Å². The first-order chi connectivity index (χ1) is 13.1. The van der Waals surface area contributed by atoms with Crippen molar-refractivity contribution in [3.05, 3.63) is 35.9 Å². The molecule has 1 fully saturated rings. The fraction of sp³-hybridized carbons (Fsp3) is 0.619. The second-order valence-electron chi connectivity index (χ2n) is 7.32. The molecule has 1 heterocycles. The van der Waals surface area contributed by atoms with Crippen LogP contribution in [0.3, 0.4) is 0 Å². The van der Waals surface area contributed by atoms with Gasteiger partial charge in [0.05, 0.1) is 0 Å². The molecule has 0 aromatic heterocycles. The van der Waals surface area contributed by atoms with Crippen LogP contribution in [0.4, 0.5) is 4.79 Å². The number of rotatable bonds is 10. The van der Waals surface area contributed by atoms with Gasteiger partial charge in [0.25, 0.3) is 0 Å². The molecule has 1 aromatic carbocycles. The standard InChI is InChI=1S/C21H33N3O3/c1-18-10-15-24(16-11-18)14-6-13-22-20(25)9-5-12-23-21(26)27-17-19-7-3-2-4-8-19/h2-4,7-8,18H,5-6,9-17H2,1H3,(H,22,25)(H,23,26). The molecule has 0 bridgehead atoms. The summed E-state index contributed by atoms with van der Waals surface area (Å²) in [5, 5.41) is 5.63. The van der Waals surface area contributed by atoms with Crippen molar-refractivity contribution in [2.45, 2.75) is 45.6 Å². The maximum Gasteiger partial charge on any atom is 0.407 e. The van der Waals surface area contributed by atoms with E-state index >= 15 is 0 Å². The van der Waals surface area contributed by atoms with Crippen molar-refractivity contribution in [3.8, 4) is 0 Å². The molecule has 2 amide bonds. The summed E-state index contributed by atoms with van der Waals surface area (Å²) in [5.74, 6) is 0.895. The van der Waals surface area contributed by atoms with E-state index in [-0.39, 0.29) is 12.5 Å². The molecule has 0 saturated carbocycles. The molecule has 0 unspecified atom stereocenters. The van der Waals surface area contributed by atoms with E-state index in [0.717, 1.165) is 31.0 Å². The Morgan fingerprint density at radius 1 is 1.07 bits per heavy atom. The number of ether oxygens (including phenoxy) is 1. The number of benzene rings is 1. The molecular formula is C21H33N3O3. The summed E-state index contributed by atoms with van der Waals surface area (Å²) < 4.78 is 5.12. The van der Waals surface area contributed by atoms with E-state index in [1.54, 1.807) is 0 Å². The van der Waals surface area contributed by atoms with Crippen LogP contribution in [-0.2, 0) is 16.1 Å². The van der Waals surface area contributed by atoms with Gasteiger partial charge in [0, 0.05) is 19.5 Å². The van der Waals surface area contributed by atoms with Crippen LogP contribution >= 0.6 is 0 Å². The lowest BCUT2D eigenvalue weighted by Gasteiger charge is -2.30. The monoisotopic (exact) mass is 375 g/mol. The lowest BCUT2D eigenvalue weighted by atomic mass is 9.99. The van der Waals surface area contributed by atoms with Crippen molar-refractivity contribution in [3.63, 3.8) is 0 Å². The van der Waals surface area contributed by atoms with Gasteiger partial charge in [-0.2, -0.15) is 0 Å². The maximum absolute atomic E-state index is 11.8. The van der Waals surface area contributed by atoms with Crippen LogP contribution in [0.25, 0.3) is 0 Å². The minimum atomic E-state index is -0.449. The van der Waals surface area contributed by atoms with Crippen LogP contribution in [0, 0.1) is 5.92 Å². The lowest BCUT2D eigenvalue weighted by molar-refractivity contribution is -0.121. The molecule has 0 spiro atoms. The Bertz CT molecular complexity index is 557. The van der Waals surface area contributed by atoms with Crippen molar-refractivity contribution < 1.29 is 14.3 Å². The summed E-state index contributed by atoms with van der Waals surface area (Å²) in [4.78, 5) is 25.9. The zero-order valence-electron chi connectivity index (χ0n) is 16.4. The Balaban J connectivity index is 1.42. The second kappa shape index (κ2) is 12.3. The van der Waals surface area contributed by atoms with E-state index in [1.165, 1.54) is 25.9 Å². The van der Waals surface area contributed by atoms with Crippen LogP contribution in [0.1, 0.15) is 44.6 Å². The van der Waals surface area contributed by atoms with Crippen molar-refractivity contribution in [2.75, 3.05) is 32.7 Å². The minimum absolute atomic E-state index is 0.0433. The molecule has 6 nitrogen and oxygen atoms in total. The molecule has 1 saturated heterocycles. The summed E-state index contributed by atoms with van der Waals surface area (Å²) in [6.07, 6.45) is 4.14. The van der Waals surface area contributed by atoms with Crippen molar-refractivity contribution >= 4 is 12.0 Å². The average Bonchev–Trinajstić information content (AvgIpc) is 2.69. The molecule has 0 aliphatic carbocycles. The number of likely N-dealkylation sites (tertiary alicyclic amines) is 1. The van der Waals surface area contributed by atoms with Crippen LogP contribution in [0.15, 0.2) is 30.3 Å². The number of carbonyl (C=O) groups excluding carboxylic acids is 2. The highest BCUT2D eigenvalue weighted by atomic mass is 16.5. The van der Waals surface area contributed by atoms with Crippen molar-refractivity contribution in [2.24, 2.45) is 5.92 Å². The van der Waals surface area contributed by atoms with Gasteiger partial charge in [-0.05, 0) is 56.8 Å².